The zero-order valence-corrected chi connectivity index (χ0v) is 12.8. The van der Waals surface area contributed by atoms with Crippen LogP contribution in [0.15, 0.2) is 53.4 Å². The summed E-state index contributed by atoms with van der Waals surface area (Å²) in [7, 11) is 0. The molecule has 2 aromatic carbocycles. The van der Waals surface area contributed by atoms with E-state index in [0.717, 1.165) is 4.90 Å². The fourth-order valence-electron chi connectivity index (χ4n) is 1.63. The molecule has 4 nitrogen and oxygen atoms in total. The minimum absolute atomic E-state index is 0.375. The van der Waals surface area contributed by atoms with Crippen LogP contribution in [0.5, 0.6) is 0 Å². The SMILES string of the molecule is CSc1ccc(C(=O)NNC(=O)c2cccc(Cl)c2)cc1. The van der Waals surface area contributed by atoms with Crippen molar-refractivity contribution in [2.45, 2.75) is 4.90 Å². The Morgan fingerprint density at radius 3 is 2.14 bits per heavy atom. The average molecular weight is 321 g/mol. The van der Waals surface area contributed by atoms with Crippen molar-refractivity contribution in [2.75, 3.05) is 6.26 Å². The third kappa shape index (κ3) is 4.24. The van der Waals surface area contributed by atoms with Crippen LogP contribution in [0.4, 0.5) is 0 Å². The van der Waals surface area contributed by atoms with E-state index in [1.165, 1.54) is 6.07 Å². The highest BCUT2D eigenvalue weighted by Gasteiger charge is 2.09. The van der Waals surface area contributed by atoms with E-state index in [1.807, 2.05) is 18.4 Å². The van der Waals surface area contributed by atoms with Gasteiger partial charge in [-0.1, -0.05) is 17.7 Å². The van der Waals surface area contributed by atoms with Crippen LogP contribution in [0, 0.1) is 0 Å². The predicted octanol–water partition coefficient (Wildman–Crippen LogP) is 3.14. The first kappa shape index (κ1) is 15.4. The molecule has 0 unspecified atom stereocenters. The maximum atomic E-state index is 11.9. The number of hydrazine groups is 1. The summed E-state index contributed by atoms with van der Waals surface area (Å²) in [6.07, 6.45) is 1.96. The second kappa shape index (κ2) is 7.15. The lowest BCUT2D eigenvalue weighted by Crippen LogP contribution is -2.41. The van der Waals surface area contributed by atoms with Crippen molar-refractivity contribution < 1.29 is 9.59 Å². The van der Waals surface area contributed by atoms with Gasteiger partial charge < -0.3 is 0 Å². The van der Waals surface area contributed by atoms with Gasteiger partial charge in [-0.15, -0.1) is 11.8 Å². The molecule has 6 heteroatoms. The molecule has 21 heavy (non-hydrogen) atoms. The Bertz CT molecular complexity index is 659. The van der Waals surface area contributed by atoms with Gasteiger partial charge >= 0.3 is 0 Å². The van der Waals surface area contributed by atoms with E-state index in [9.17, 15) is 9.59 Å². The lowest BCUT2D eigenvalue weighted by molar-refractivity contribution is 0.0846. The molecule has 2 N–H and O–H groups in total. The van der Waals surface area contributed by atoms with Crippen LogP contribution in [-0.4, -0.2) is 18.1 Å². The Morgan fingerprint density at radius 2 is 1.57 bits per heavy atom. The zero-order chi connectivity index (χ0) is 15.2. The Hall–Kier alpha value is -1.98. The molecule has 0 spiro atoms. The van der Waals surface area contributed by atoms with Crippen LogP contribution in [-0.2, 0) is 0 Å². The third-order valence-corrected chi connectivity index (χ3v) is 3.71. The minimum atomic E-state index is -0.424. The zero-order valence-electron chi connectivity index (χ0n) is 11.2. The van der Waals surface area contributed by atoms with Crippen molar-refractivity contribution in [1.29, 1.82) is 0 Å². The number of carbonyl (C=O) groups excluding carboxylic acids is 2. The van der Waals surface area contributed by atoms with E-state index >= 15 is 0 Å². The van der Waals surface area contributed by atoms with Crippen LogP contribution in [0.25, 0.3) is 0 Å². The summed E-state index contributed by atoms with van der Waals surface area (Å²) in [6, 6.07) is 13.6. The number of rotatable bonds is 3. The number of halogens is 1. The van der Waals surface area contributed by atoms with Gasteiger partial charge in [0.25, 0.3) is 11.8 Å². The van der Waals surface area contributed by atoms with Gasteiger partial charge in [0.05, 0.1) is 0 Å². The van der Waals surface area contributed by atoms with Crippen molar-refractivity contribution in [3.05, 3.63) is 64.7 Å². The number of benzene rings is 2. The van der Waals surface area contributed by atoms with Gasteiger partial charge in [-0.3, -0.25) is 20.4 Å². The highest BCUT2D eigenvalue weighted by Crippen LogP contribution is 2.14. The Labute approximate surface area is 131 Å². The summed E-state index contributed by atoms with van der Waals surface area (Å²) in [5.74, 6) is -0.801. The summed E-state index contributed by atoms with van der Waals surface area (Å²) in [4.78, 5) is 24.8. The molecule has 0 fully saturated rings. The van der Waals surface area contributed by atoms with E-state index in [-0.39, 0.29) is 5.91 Å². The fraction of sp³-hybridized carbons (Fsp3) is 0.0667. The van der Waals surface area contributed by atoms with Crippen LogP contribution >= 0.6 is 23.4 Å². The molecule has 0 atom stereocenters. The molecule has 108 valence electrons. The van der Waals surface area contributed by atoms with E-state index in [4.69, 9.17) is 11.6 Å². The topological polar surface area (TPSA) is 58.2 Å². The van der Waals surface area contributed by atoms with Crippen LogP contribution in [0.2, 0.25) is 5.02 Å². The molecule has 2 amide bonds. The van der Waals surface area contributed by atoms with Crippen LogP contribution < -0.4 is 10.9 Å². The lowest BCUT2D eigenvalue weighted by atomic mass is 10.2. The van der Waals surface area contributed by atoms with E-state index in [0.29, 0.717) is 16.1 Å². The lowest BCUT2D eigenvalue weighted by Gasteiger charge is -2.08. The number of hydrogen-bond acceptors (Lipinski definition) is 3. The minimum Gasteiger partial charge on any atom is -0.267 e. The van der Waals surface area contributed by atoms with Crippen molar-refractivity contribution in [2.24, 2.45) is 0 Å². The molecule has 2 aromatic rings. The Kier molecular flexibility index (Phi) is 5.25. The van der Waals surface area contributed by atoms with E-state index in [1.54, 1.807) is 42.1 Å². The summed E-state index contributed by atoms with van der Waals surface area (Å²) in [5, 5.41) is 0.460. The van der Waals surface area contributed by atoms with Crippen LogP contribution in [0.3, 0.4) is 0 Å². The van der Waals surface area contributed by atoms with Crippen molar-refractivity contribution in [1.82, 2.24) is 10.9 Å². The summed E-state index contributed by atoms with van der Waals surface area (Å²) < 4.78 is 0. The highest BCUT2D eigenvalue weighted by atomic mass is 35.5. The molecule has 0 aliphatic rings. The van der Waals surface area contributed by atoms with Gasteiger partial charge in [0.1, 0.15) is 0 Å². The second-order valence-electron chi connectivity index (χ2n) is 4.15. The molecule has 2 rings (SSSR count). The molecule has 0 saturated carbocycles. The van der Waals surface area contributed by atoms with Crippen molar-refractivity contribution >= 4 is 35.2 Å². The Balaban J connectivity index is 1.95. The second-order valence-corrected chi connectivity index (χ2v) is 5.46. The van der Waals surface area contributed by atoms with E-state index < -0.39 is 5.91 Å². The summed E-state index contributed by atoms with van der Waals surface area (Å²) in [5.41, 5.74) is 5.56. The predicted molar refractivity (Wildman–Crippen MR) is 84.6 cm³/mol. The molecule has 0 saturated heterocycles. The van der Waals surface area contributed by atoms with Gasteiger partial charge in [-0.2, -0.15) is 0 Å². The quantitative estimate of drug-likeness (QED) is 0.674. The number of amides is 2. The molecular weight excluding hydrogens is 308 g/mol. The average Bonchev–Trinajstić information content (AvgIpc) is 2.52. The maximum absolute atomic E-state index is 11.9. The largest absolute Gasteiger partial charge is 0.269 e. The molecule has 0 radical (unpaired) electrons. The maximum Gasteiger partial charge on any atom is 0.269 e. The van der Waals surface area contributed by atoms with Crippen molar-refractivity contribution in [3.63, 3.8) is 0 Å². The molecular formula is C15H13ClN2O2S. The normalized spacial score (nSPS) is 10.0. The van der Waals surface area contributed by atoms with Crippen molar-refractivity contribution in [3.8, 4) is 0 Å². The molecule has 0 bridgehead atoms. The molecule has 0 aromatic heterocycles. The molecule has 0 aliphatic carbocycles. The first-order chi connectivity index (χ1) is 10.1. The van der Waals surface area contributed by atoms with Gasteiger partial charge in [-0.25, -0.2) is 0 Å². The van der Waals surface area contributed by atoms with Gasteiger partial charge in [-0.05, 0) is 48.7 Å². The van der Waals surface area contributed by atoms with Gasteiger partial charge in [0.15, 0.2) is 0 Å². The molecule has 0 heterocycles. The Morgan fingerprint density at radius 1 is 0.952 bits per heavy atom. The smallest absolute Gasteiger partial charge is 0.267 e. The number of thioether (sulfide) groups is 1. The summed E-state index contributed by atoms with van der Waals surface area (Å²) >= 11 is 7.40. The third-order valence-electron chi connectivity index (χ3n) is 2.73. The standard InChI is InChI=1S/C15H13ClN2O2S/c1-21-13-7-5-10(6-8-13)14(19)17-18-15(20)11-3-2-4-12(16)9-11/h2-9H,1H3,(H,17,19)(H,18,20). The first-order valence-corrected chi connectivity index (χ1v) is 7.71. The van der Waals surface area contributed by atoms with Crippen LogP contribution in [0.1, 0.15) is 20.7 Å². The van der Waals surface area contributed by atoms with E-state index in [2.05, 4.69) is 10.9 Å². The highest BCUT2D eigenvalue weighted by molar-refractivity contribution is 7.98. The number of nitrogens with one attached hydrogen (secondary N) is 2. The van der Waals surface area contributed by atoms with Gasteiger partial charge in [0, 0.05) is 21.0 Å². The number of carbonyl (C=O) groups is 2. The summed E-state index contributed by atoms with van der Waals surface area (Å²) in [6.45, 7) is 0. The monoisotopic (exact) mass is 320 g/mol. The van der Waals surface area contributed by atoms with Gasteiger partial charge in [0.2, 0.25) is 0 Å². The first-order valence-electron chi connectivity index (χ1n) is 6.10. The fourth-order valence-corrected chi connectivity index (χ4v) is 2.23. The molecule has 0 aliphatic heterocycles. The number of hydrogen-bond donors (Lipinski definition) is 2.